The number of aromatic nitrogens is 1. The Hall–Kier alpha value is -5.83. The number of carbonyl (C=O) groups is 4. The van der Waals surface area contributed by atoms with E-state index in [-0.39, 0.29) is 13.1 Å². The van der Waals surface area contributed by atoms with Crippen molar-refractivity contribution in [2.45, 2.75) is 6.17 Å². The lowest BCUT2D eigenvalue weighted by atomic mass is 10.0. The van der Waals surface area contributed by atoms with E-state index >= 15 is 0 Å². The molecule has 5 aromatic rings. The van der Waals surface area contributed by atoms with Gasteiger partial charge in [-0.25, -0.2) is 4.99 Å². The van der Waals surface area contributed by atoms with Gasteiger partial charge in [0.05, 0.1) is 22.5 Å². The number of nitrogens with zero attached hydrogens (tertiary/aromatic N) is 3. The second-order valence-corrected chi connectivity index (χ2v) is 10.3. The van der Waals surface area contributed by atoms with Crippen LogP contribution in [0.1, 0.15) is 42.3 Å². The van der Waals surface area contributed by atoms with Gasteiger partial charge in [-0.05, 0) is 30.3 Å². The van der Waals surface area contributed by atoms with Crippen molar-refractivity contribution in [3.63, 3.8) is 0 Å². The van der Waals surface area contributed by atoms with E-state index in [1.54, 1.807) is 36.4 Å². The molecule has 9 heteroatoms. The molecule has 1 aromatic heterocycles. The number of fused-ring (bicyclic) bond motifs is 3. The Kier molecular flexibility index (Phi) is 6.39. The zero-order chi connectivity index (χ0) is 29.5. The molecule has 4 amide bonds. The van der Waals surface area contributed by atoms with Crippen molar-refractivity contribution in [1.82, 2.24) is 15.2 Å². The normalized spacial score (nSPS) is 16.1. The molecule has 7 rings (SSSR count). The van der Waals surface area contributed by atoms with Crippen LogP contribution in [0.5, 0.6) is 0 Å². The average molecular weight is 568 g/mol. The zero-order valence-corrected chi connectivity index (χ0v) is 22.9. The van der Waals surface area contributed by atoms with Crippen molar-refractivity contribution in [1.29, 1.82) is 0 Å². The van der Waals surface area contributed by atoms with E-state index in [0.717, 1.165) is 21.4 Å². The van der Waals surface area contributed by atoms with Crippen molar-refractivity contribution in [2.75, 3.05) is 18.0 Å². The highest BCUT2D eigenvalue weighted by Crippen LogP contribution is 2.29. The lowest BCUT2D eigenvalue weighted by Crippen LogP contribution is -2.49. The Labute approximate surface area is 246 Å². The van der Waals surface area contributed by atoms with Gasteiger partial charge in [-0.1, -0.05) is 78.9 Å². The Bertz CT molecular complexity index is 1890. The quantitative estimate of drug-likeness (QED) is 0.296. The van der Waals surface area contributed by atoms with Crippen LogP contribution in [0.2, 0.25) is 0 Å². The number of carbonyl (C=O) groups excluding carboxylic acids is 4. The third kappa shape index (κ3) is 4.57. The number of benzodiazepines with no additional fused rings is 1. The van der Waals surface area contributed by atoms with Crippen LogP contribution in [0.3, 0.4) is 0 Å². The van der Waals surface area contributed by atoms with Crippen LogP contribution < -0.4 is 10.2 Å². The Morgan fingerprint density at radius 1 is 0.721 bits per heavy atom. The SMILES string of the molecule is O=C(NC1N=C(c2ccccc2)c2ccccc2N(CCN2C(=O)c3ccccc3C2=O)C1=O)c1cc2ccccc2[nH]1. The topological polar surface area (TPSA) is 115 Å². The maximum atomic E-state index is 14.2. The molecule has 0 saturated carbocycles. The number of hydrogen-bond acceptors (Lipinski definition) is 5. The van der Waals surface area contributed by atoms with E-state index in [2.05, 4.69) is 10.3 Å². The van der Waals surface area contributed by atoms with Gasteiger partial charge in [-0.15, -0.1) is 0 Å². The number of nitrogens with one attached hydrogen (secondary N) is 2. The maximum Gasteiger partial charge on any atom is 0.272 e. The number of amides is 4. The van der Waals surface area contributed by atoms with Gasteiger partial charge >= 0.3 is 0 Å². The lowest BCUT2D eigenvalue weighted by Gasteiger charge is -2.27. The molecule has 4 aromatic carbocycles. The summed E-state index contributed by atoms with van der Waals surface area (Å²) in [5.74, 6) is -1.78. The predicted molar refractivity (Wildman–Crippen MR) is 162 cm³/mol. The number of H-pyrrole nitrogens is 1. The van der Waals surface area contributed by atoms with Gasteiger partial charge in [0.15, 0.2) is 0 Å². The van der Waals surface area contributed by atoms with Crippen molar-refractivity contribution in [2.24, 2.45) is 4.99 Å². The largest absolute Gasteiger partial charge is 0.351 e. The zero-order valence-electron chi connectivity index (χ0n) is 22.9. The molecule has 1 unspecified atom stereocenters. The van der Waals surface area contributed by atoms with Crippen LogP contribution in [0.15, 0.2) is 114 Å². The fraction of sp³-hybridized carbons (Fsp3) is 0.0882. The van der Waals surface area contributed by atoms with E-state index in [9.17, 15) is 19.2 Å². The van der Waals surface area contributed by atoms with Gasteiger partial charge in [-0.3, -0.25) is 24.1 Å². The summed E-state index contributed by atoms with van der Waals surface area (Å²) in [5.41, 5.74) is 4.33. The summed E-state index contributed by atoms with van der Waals surface area (Å²) < 4.78 is 0. The predicted octanol–water partition coefficient (Wildman–Crippen LogP) is 4.40. The number of anilines is 1. The highest BCUT2D eigenvalue weighted by atomic mass is 16.2. The number of imide groups is 1. The van der Waals surface area contributed by atoms with Gasteiger partial charge < -0.3 is 15.2 Å². The summed E-state index contributed by atoms with van der Waals surface area (Å²) in [6.45, 7) is -0.0204. The molecule has 0 saturated heterocycles. The second-order valence-electron chi connectivity index (χ2n) is 10.3. The van der Waals surface area contributed by atoms with E-state index in [1.165, 1.54) is 4.90 Å². The molecular formula is C34H25N5O4. The number of aromatic amines is 1. The van der Waals surface area contributed by atoms with Gasteiger partial charge in [0.25, 0.3) is 23.6 Å². The summed E-state index contributed by atoms with van der Waals surface area (Å²) >= 11 is 0. The van der Waals surface area contributed by atoms with E-state index < -0.39 is 29.8 Å². The molecule has 2 aliphatic heterocycles. The molecule has 2 aliphatic rings. The second kappa shape index (κ2) is 10.5. The molecule has 0 spiro atoms. The fourth-order valence-corrected chi connectivity index (χ4v) is 5.62. The monoisotopic (exact) mass is 567 g/mol. The Morgan fingerprint density at radius 3 is 2.05 bits per heavy atom. The smallest absolute Gasteiger partial charge is 0.272 e. The minimum absolute atomic E-state index is 0.0116. The highest BCUT2D eigenvalue weighted by Gasteiger charge is 2.38. The van der Waals surface area contributed by atoms with Gasteiger partial charge in [0.1, 0.15) is 5.69 Å². The lowest BCUT2D eigenvalue weighted by molar-refractivity contribution is -0.120. The molecule has 2 N–H and O–H groups in total. The first-order valence-electron chi connectivity index (χ1n) is 13.9. The minimum Gasteiger partial charge on any atom is -0.351 e. The summed E-state index contributed by atoms with van der Waals surface area (Å²) in [7, 11) is 0. The summed E-state index contributed by atoms with van der Waals surface area (Å²) in [6.07, 6.45) is -1.27. The molecule has 0 aliphatic carbocycles. The van der Waals surface area contributed by atoms with Crippen molar-refractivity contribution in [3.05, 3.63) is 137 Å². The number of rotatable bonds is 6. The van der Waals surface area contributed by atoms with Crippen LogP contribution in [-0.4, -0.2) is 58.5 Å². The standard InChI is InChI=1S/C34H25N5O4/c40-31(27-20-22-12-4-8-16-26(22)35-27)37-30-34(43)38(18-19-39-32(41)23-13-5-6-14-24(23)33(39)42)28-17-9-7-15-25(28)29(36-30)21-10-2-1-3-11-21/h1-17,20,30,35H,18-19H2,(H,37,40). The first kappa shape index (κ1) is 26.1. The molecule has 0 radical (unpaired) electrons. The average Bonchev–Trinajstić information content (AvgIpc) is 3.55. The number of aliphatic imine (C=N–C) groups is 1. The minimum atomic E-state index is -1.27. The van der Waals surface area contributed by atoms with Crippen molar-refractivity contribution in [3.8, 4) is 0 Å². The summed E-state index contributed by atoms with van der Waals surface area (Å²) in [5, 5.41) is 3.68. The van der Waals surface area contributed by atoms with Gasteiger partial charge in [0.2, 0.25) is 6.17 Å². The van der Waals surface area contributed by atoms with Crippen LogP contribution in [0, 0.1) is 0 Å². The highest BCUT2D eigenvalue weighted by molar-refractivity contribution is 6.22. The third-order valence-corrected chi connectivity index (χ3v) is 7.72. The first-order valence-corrected chi connectivity index (χ1v) is 13.9. The summed E-state index contributed by atoms with van der Waals surface area (Å²) in [6, 6.07) is 32.7. The van der Waals surface area contributed by atoms with Crippen LogP contribution in [-0.2, 0) is 4.79 Å². The van der Waals surface area contributed by atoms with E-state index in [0.29, 0.717) is 33.8 Å². The maximum absolute atomic E-state index is 14.2. The van der Waals surface area contributed by atoms with E-state index in [1.807, 2.05) is 72.8 Å². The number of para-hydroxylation sites is 2. The number of hydrogen-bond donors (Lipinski definition) is 2. The van der Waals surface area contributed by atoms with Crippen LogP contribution >= 0.6 is 0 Å². The molecule has 9 nitrogen and oxygen atoms in total. The number of benzene rings is 4. The molecule has 3 heterocycles. The van der Waals surface area contributed by atoms with Crippen molar-refractivity contribution >= 4 is 45.9 Å². The molecule has 0 fully saturated rings. The molecule has 210 valence electrons. The summed E-state index contributed by atoms with van der Waals surface area (Å²) in [4.78, 5) is 64.4. The first-order chi connectivity index (χ1) is 21.0. The Morgan fingerprint density at radius 2 is 1.33 bits per heavy atom. The van der Waals surface area contributed by atoms with Gasteiger partial charge in [0, 0.05) is 35.1 Å². The molecular weight excluding hydrogens is 542 g/mol. The van der Waals surface area contributed by atoms with Crippen molar-refractivity contribution < 1.29 is 19.2 Å². The van der Waals surface area contributed by atoms with Crippen LogP contribution in [0.25, 0.3) is 10.9 Å². The third-order valence-electron chi connectivity index (χ3n) is 7.72. The van der Waals surface area contributed by atoms with Crippen LogP contribution in [0.4, 0.5) is 5.69 Å². The fourth-order valence-electron chi connectivity index (χ4n) is 5.62. The molecule has 0 bridgehead atoms. The molecule has 43 heavy (non-hydrogen) atoms. The van der Waals surface area contributed by atoms with E-state index in [4.69, 9.17) is 4.99 Å². The molecule has 1 atom stereocenters. The Balaban J connectivity index is 1.25. The van der Waals surface area contributed by atoms with Gasteiger partial charge in [-0.2, -0.15) is 0 Å².